The van der Waals surface area contributed by atoms with Crippen LogP contribution in [0.1, 0.15) is 105 Å². The van der Waals surface area contributed by atoms with E-state index in [2.05, 4.69) is 5.32 Å². The quantitative estimate of drug-likeness (QED) is 0.0675. The predicted molar refractivity (Wildman–Crippen MR) is 239 cm³/mol. The van der Waals surface area contributed by atoms with Gasteiger partial charge in [-0.25, -0.2) is 9.59 Å². The molecule has 3 aromatic rings. The van der Waals surface area contributed by atoms with E-state index in [1.807, 2.05) is 0 Å². The van der Waals surface area contributed by atoms with Gasteiger partial charge in [-0.3, -0.25) is 28.8 Å². The topological polar surface area (TPSA) is 265 Å². The van der Waals surface area contributed by atoms with E-state index >= 15 is 9.59 Å². The monoisotopic (exact) mass is 953 g/mol. The number of hydrogen-bond donors (Lipinski definition) is 4. The average Bonchev–Trinajstić information content (AvgIpc) is 3.31. The minimum absolute atomic E-state index is 0.0381. The molecule has 69 heavy (non-hydrogen) atoms. The molecule has 2 bridgehead atoms. The lowest BCUT2D eigenvalue weighted by atomic mass is 9.48. The normalized spacial score (nSPS) is 28.9. The van der Waals surface area contributed by atoms with E-state index in [-0.39, 0.29) is 61.0 Å². The van der Waals surface area contributed by atoms with Gasteiger partial charge < -0.3 is 49.1 Å². The molecular formula is C51H55NO17. The number of carbonyl (C=O) groups excluding carboxylic acids is 7. The molecule has 7 rings (SSSR count). The number of ketones is 1. The molecule has 2 saturated carbocycles. The van der Waals surface area contributed by atoms with Gasteiger partial charge in [0.1, 0.15) is 30.0 Å². The number of Topliss-reactive ketones (excluding diaryl/α,β-unsaturated/α-hetero) is 1. The fraction of sp³-hybridized carbons (Fsp3) is 0.451. The van der Waals surface area contributed by atoms with E-state index in [9.17, 15) is 39.0 Å². The van der Waals surface area contributed by atoms with Crippen molar-refractivity contribution in [3.8, 4) is 0 Å². The number of ether oxygens (including phenoxy) is 6. The summed E-state index contributed by atoms with van der Waals surface area (Å²) in [5, 5.41) is 37.4. The molecule has 3 aliphatic carbocycles. The number of rotatable bonds is 16. The molecule has 11 atom stereocenters. The molecular weight excluding hydrogens is 899 g/mol. The Hall–Kier alpha value is -6.76. The van der Waals surface area contributed by atoms with E-state index < -0.39 is 126 Å². The number of carboxylic acids is 1. The second kappa shape index (κ2) is 20.5. The highest BCUT2D eigenvalue weighted by Crippen LogP contribution is 2.61. The number of carbonyl (C=O) groups is 8. The van der Waals surface area contributed by atoms with Gasteiger partial charge in [0.2, 0.25) is 6.10 Å². The standard InChI is InChI=1S/C51H55NO17/c1-28-34-25-50(63,26-35(28)66-48(62)42(67-39(58)23-15-14-22-38(56)57)40(31-16-8-5-9-17-31)52-46(60)32-18-10-6-11-19-32)45(68-47(61)33-20-12-7-13-21-33)43-49(4,44(59)41(34)65-29(2)53)36(55)24-37-51(43,27-64-37)69-30(3)54/h5-13,16-21,35-37,40-43,45,55,63H,14-15,22-27H2,1-4H3,(H,52,60)(H,56,57)/t35-,36-,37+,40-,41+,42+,43?,45-,49+,50+,51-/m0/s1. The Balaban J connectivity index is 1.36. The van der Waals surface area contributed by atoms with Crippen molar-refractivity contribution < 1.29 is 82.1 Å². The molecule has 0 aromatic heterocycles. The first kappa shape index (κ1) is 50.1. The summed E-state index contributed by atoms with van der Waals surface area (Å²) in [5.74, 6) is -9.08. The van der Waals surface area contributed by atoms with Crippen molar-refractivity contribution in [3.63, 3.8) is 0 Å². The summed E-state index contributed by atoms with van der Waals surface area (Å²) in [5.41, 5.74) is -5.64. The molecule has 1 amide bonds. The van der Waals surface area contributed by atoms with Gasteiger partial charge in [0.15, 0.2) is 17.5 Å². The highest BCUT2D eigenvalue weighted by molar-refractivity contribution is 5.96. The van der Waals surface area contributed by atoms with Gasteiger partial charge in [0.25, 0.3) is 5.91 Å². The molecule has 3 fully saturated rings. The fourth-order valence-electron chi connectivity index (χ4n) is 10.3. The van der Waals surface area contributed by atoms with Gasteiger partial charge in [-0.1, -0.05) is 66.7 Å². The van der Waals surface area contributed by atoms with Gasteiger partial charge in [0, 0.05) is 51.5 Å². The van der Waals surface area contributed by atoms with Gasteiger partial charge in [-0.15, -0.1) is 0 Å². The molecule has 4 N–H and O–H groups in total. The van der Waals surface area contributed by atoms with Crippen LogP contribution in [0.2, 0.25) is 0 Å². The van der Waals surface area contributed by atoms with Crippen LogP contribution < -0.4 is 5.32 Å². The SMILES string of the molecule is CC(=O)O[C@H]1C(=O)[C@@]2(C)C([C@H](OC(=O)c3ccccc3)[C@@]3(O)CC1=C(C)[C@@H](OC(=O)[C@H](OC(=O)CCCCC(=O)O)[C@@H](NC(=O)c1ccccc1)c1ccccc1)C3)[C@]1(OC(C)=O)CO[C@@H]1C[C@@H]2O. The minimum atomic E-state index is -2.38. The molecule has 18 heteroatoms. The molecule has 1 aliphatic heterocycles. The van der Waals surface area contributed by atoms with Crippen molar-refractivity contribution in [2.75, 3.05) is 6.61 Å². The zero-order valence-electron chi connectivity index (χ0n) is 38.5. The van der Waals surface area contributed by atoms with Crippen LogP contribution >= 0.6 is 0 Å². The van der Waals surface area contributed by atoms with Gasteiger partial charge in [0.05, 0.1) is 29.6 Å². The first-order valence-corrected chi connectivity index (χ1v) is 22.7. The highest BCUT2D eigenvalue weighted by atomic mass is 16.6. The number of esters is 5. The van der Waals surface area contributed by atoms with Gasteiger partial charge in [-0.2, -0.15) is 0 Å². The third kappa shape index (κ3) is 10.2. The summed E-state index contributed by atoms with van der Waals surface area (Å²) >= 11 is 0. The number of aliphatic hydroxyl groups is 2. The van der Waals surface area contributed by atoms with E-state index in [0.717, 1.165) is 13.8 Å². The lowest BCUT2D eigenvalue weighted by Crippen LogP contribution is -2.80. The Morgan fingerprint density at radius 2 is 1.43 bits per heavy atom. The number of aliphatic carboxylic acids is 1. The number of unbranched alkanes of at least 4 members (excludes halogenated alkanes) is 1. The van der Waals surface area contributed by atoms with Gasteiger partial charge >= 0.3 is 35.8 Å². The number of nitrogens with one attached hydrogen (secondary N) is 1. The molecule has 366 valence electrons. The molecule has 1 unspecified atom stereocenters. The van der Waals surface area contributed by atoms with Crippen molar-refractivity contribution in [2.24, 2.45) is 11.3 Å². The number of fused-ring (bicyclic) bond motifs is 5. The summed E-state index contributed by atoms with van der Waals surface area (Å²) in [4.78, 5) is 109. The molecule has 3 aromatic carbocycles. The maximum absolute atomic E-state index is 15.4. The highest BCUT2D eigenvalue weighted by Gasteiger charge is 2.76. The van der Waals surface area contributed by atoms with Crippen LogP contribution in [0, 0.1) is 11.3 Å². The van der Waals surface area contributed by atoms with Crippen LogP contribution in [0.5, 0.6) is 0 Å². The predicted octanol–water partition coefficient (Wildman–Crippen LogP) is 4.30. The molecule has 4 aliphatic rings. The smallest absolute Gasteiger partial charge is 0.350 e. The van der Waals surface area contributed by atoms with Crippen LogP contribution in [-0.2, 0) is 57.2 Å². The zero-order chi connectivity index (χ0) is 49.8. The minimum Gasteiger partial charge on any atom is -0.481 e. The summed E-state index contributed by atoms with van der Waals surface area (Å²) < 4.78 is 36.1. The number of hydrogen-bond acceptors (Lipinski definition) is 16. The van der Waals surface area contributed by atoms with Gasteiger partial charge in [-0.05, 0) is 67.7 Å². The maximum Gasteiger partial charge on any atom is 0.350 e. The molecule has 0 radical (unpaired) electrons. The Bertz CT molecular complexity index is 2500. The van der Waals surface area contributed by atoms with E-state index in [0.29, 0.717) is 5.56 Å². The number of carboxylic acid groups (broad SMARTS) is 1. The van der Waals surface area contributed by atoms with Crippen LogP contribution in [0.3, 0.4) is 0 Å². The molecule has 1 saturated heterocycles. The molecule has 1 heterocycles. The maximum atomic E-state index is 15.4. The lowest BCUT2D eigenvalue weighted by molar-refractivity contribution is -0.340. The Kier molecular flexibility index (Phi) is 14.9. The van der Waals surface area contributed by atoms with Crippen LogP contribution in [0.4, 0.5) is 0 Å². The lowest BCUT2D eigenvalue weighted by Gasteiger charge is -2.65. The van der Waals surface area contributed by atoms with Crippen molar-refractivity contribution >= 4 is 47.5 Å². The molecule has 0 spiro atoms. The second-order valence-electron chi connectivity index (χ2n) is 18.3. The number of aliphatic hydroxyl groups excluding tert-OH is 1. The Morgan fingerprint density at radius 3 is 2.01 bits per heavy atom. The van der Waals surface area contributed by atoms with E-state index in [4.69, 9.17) is 33.5 Å². The average molecular weight is 954 g/mol. The van der Waals surface area contributed by atoms with Crippen molar-refractivity contribution in [1.82, 2.24) is 5.32 Å². The first-order chi connectivity index (χ1) is 32.8. The number of amides is 1. The zero-order valence-corrected chi connectivity index (χ0v) is 38.5. The summed E-state index contributed by atoms with van der Waals surface area (Å²) in [6.45, 7) is 4.69. The molecule has 18 nitrogen and oxygen atoms in total. The van der Waals surface area contributed by atoms with Crippen molar-refractivity contribution in [2.45, 2.75) is 127 Å². The van der Waals surface area contributed by atoms with Crippen molar-refractivity contribution in [3.05, 3.63) is 119 Å². The Labute approximate surface area is 397 Å². The summed E-state index contributed by atoms with van der Waals surface area (Å²) in [6.07, 6.45) is -11.6. The first-order valence-electron chi connectivity index (χ1n) is 22.7. The third-order valence-electron chi connectivity index (χ3n) is 13.7. The van der Waals surface area contributed by atoms with Crippen molar-refractivity contribution in [1.29, 1.82) is 0 Å². The summed E-state index contributed by atoms with van der Waals surface area (Å²) in [7, 11) is 0. The largest absolute Gasteiger partial charge is 0.481 e. The van der Waals surface area contributed by atoms with Crippen LogP contribution in [0.15, 0.2) is 102 Å². The Morgan fingerprint density at radius 1 is 0.826 bits per heavy atom. The van der Waals surface area contributed by atoms with E-state index in [1.165, 1.54) is 38.1 Å². The van der Waals surface area contributed by atoms with E-state index in [1.54, 1.807) is 66.7 Å². The second-order valence-corrected chi connectivity index (χ2v) is 18.3. The fourth-order valence-corrected chi connectivity index (χ4v) is 10.3. The number of benzene rings is 3. The van der Waals surface area contributed by atoms with Crippen LogP contribution in [-0.4, -0.2) is 117 Å². The third-order valence-corrected chi connectivity index (χ3v) is 13.7. The summed E-state index contributed by atoms with van der Waals surface area (Å²) in [6, 6.07) is 22.4. The van der Waals surface area contributed by atoms with Crippen LogP contribution in [0.25, 0.3) is 0 Å².